The first kappa shape index (κ1) is 25.1. The van der Waals surface area contributed by atoms with Crippen LogP contribution in [0, 0.1) is 17.6 Å². The zero-order valence-electron chi connectivity index (χ0n) is 19.9. The molecule has 1 saturated heterocycles. The quantitative estimate of drug-likeness (QED) is 0.241. The molecule has 1 aliphatic rings. The molecule has 0 bridgehead atoms. The SMILES string of the molecule is OC(c1cccnc1)C1CCN(Sc2ccc(Nc3nccc(Nc4ccc(F)c(F)c4)n3)cc2)CC1. The van der Waals surface area contributed by atoms with Crippen LogP contribution in [0.2, 0.25) is 0 Å². The van der Waals surface area contributed by atoms with Crippen LogP contribution in [0.1, 0.15) is 24.5 Å². The van der Waals surface area contributed by atoms with E-state index in [9.17, 15) is 13.9 Å². The number of piperidine rings is 1. The Kier molecular flexibility index (Phi) is 7.88. The third-order valence-corrected chi connectivity index (χ3v) is 7.27. The topological polar surface area (TPSA) is 86.2 Å². The number of hydrogen-bond donors (Lipinski definition) is 3. The first-order valence-electron chi connectivity index (χ1n) is 12.0. The molecule has 10 heteroatoms. The van der Waals surface area contributed by atoms with E-state index in [1.54, 1.807) is 36.6 Å². The van der Waals surface area contributed by atoms with Gasteiger partial charge in [0.15, 0.2) is 11.6 Å². The summed E-state index contributed by atoms with van der Waals surface area (Å²) in [5, 5.41) is 16.8. The molecule has 3 N–H and O–H groups in total. The third kappa shape index (κ3) is 6.59. The molecule has 0 radical (unpaired) electrons. The summed E-state index contributed by atoms with van der Waals surface area (Å²) in [7, 11) is 0. The Hall–Kier alpha value is -3.60. The number of aliphatic hydroxyl groups excluding tert-OH is 1. The van der Waals surface area contributed by atoms with E-state index in [2.05, 4.69) is 29.9 Å². The number of nitrogens with zero attached hydrogens (tertiary/aromatic N) is 4. The van der Waals surface area contributed by atoms with E-state index in [4.69, 9.17) is 0 Å². The second-order valence-corrected chi connectivity index (χ2v) is 9.93. The molecule has 2 aromatic carbocycles. The molecule has 0 amide bonds. The van der Waals surface area contributed by atoms with E-state index in [0.29, 0.717) is 17.5 Å². The fourth-order valence-electron chi connectivity index (χ4n) is 4.19. The second-order valence-electron chi connectivity index (χ2n) is 8.76. The molecule has 1 fully saturated rings. The summed E-state index contributed by atoms with van der Waals surface area (Å²) in [5.41, 5.74) is 2.10. The van der Waals surface area contributed by atoms with Crippen LogP contribution in [-0.2, 0) is 0 Å². The van der Waals surface area contributed by atoms with Gasteiger partial charge in [-0.25, -0.2) is 18.1 Å². The normalized spacial score (nSPS) is 15.3. The van der Waals surface area contributed by atoms with E-state index >= 15 is 0 Å². The number of benzene rings is 2. The van der Waals surface area contributed by atoms with Crippen molar-refractivity contribution in [1.82, 2.24) is 19.3 Å². The average molecular weight is 521 g/mol. The number of aliphatic hydroxyl groups is 1. The summed E-state index contributed by atoms with van der Waals surface area (Å²) in [6.45, 7) is 1.80. The molecule has 37 heavy (non-hydrogen) atoms. The van der Waals surface area contributed by atoms with Gasteiger partial charge in [-0.3, -0.25) is 4.98 Å². The van der Waals surface area contributed by atoms with Crippen LogP contribution in [0.3, 0.4) is 0 Å². The predicted molar refractivity (Wildman–Crippen MR) is 141 cm³/mol. The van der Waals surface area contributed by atoms with Crippen molar-refractivity contribution in [3.8, 4) is 0 Å². The molecule has 0 spiro atoms. The van der Waals surface area contributed by atoms with Gasteiger partial charge >= 0.3 is 0 Å². The zero-order valence-corrected chi connectivity index (χ0v) is 20.7. The van der Waals surface area contributed by atoms with Gasteiger partial charge in [0.25, 0.3) is 0 Å². The summed E-state index contributed by atoms with van der Waals surface area (Å²) < 4.78 is 28.9. The highest BCUT2D eigenvalue weighted by molar-refractivity contribution is 7.97. The number of halogens is 2. The zero-order chi connectivity index (χ0) is 25.6. The highest BCUT2D eigenvalue weighted by atomic mass is 32.2. The van der Waals surface area contributed by atoms with E-state index in [1.165, 1.54) is 6.07 Å². The van der Waals surface area contributed by atoms with Crippen LogP contribution in [0.25, 0.3) is 0 Å². The Morgan fingerprint density at radius 1 is 0.919 bits per heavy atom. The van der Waals surface area contributed by atoms with Crippen molar-refractivity contribution >= 4 is 35.1 Å². The smallest absolute Gasteiger partial charge is 0.229 e. The fraction of sp³-hybridized carbons (Fsp3) is 0.222. The van der Waals surface area contributed by atoms with E-state index in [1.807, 2.05) is 36.4 Å². The standard InChI is InChI=1S/C27H26F2N6OS/c28-23-8-5-21(16-24(23)29)32-25-9-13-31-27(34-25)33-20-3-6-22(7-4-20)37-35-14-10-18(11-15-35)26(36)19-2-1-12-30-17-19/h1-9,12-13,16-18,26,36H,10-11,14-15H2,(H2,31,32,33,34). The Morgan fingerprint density at radius 2 is 1.70 bits per heavy atom. The van der Waals surface area contributed by atoms with E-state index < -0.39 is 17.7 Å². The van der Waals surface area contributed by atoms with Crippen LogP contribution in [0.4, 0.5) is 31.9 Å². The molecule has 1 atom stereocenters. The van der Waals surface area contributed by atoms with Gasteiger partial charge in [0.2, 0.25) is 5.95 Å². The Balaban J connectivity index is 1.13. The molecule has 0 aliphatic carbocycles. The highest BCUT2D eigenvalue weighted by Crippen LogP contribution is 2.34. The molecule has 5 rings (SSSR count). The molecule has 3 heterocycles. The molecule has 1 unspecified atom stereocenters. The van der Waals surface area contributed by atoms with Gasteiger partial charge in [0, 0.05) is 54.0 Å². The number of pyridine rings is 1. The summed E-state index contributed by atoms with van der Waals surface area (Å²) in [6.07, 6.45) is 6.42. The van der Waals surface area contributed by atoms with Gasteiger partial charge in [0.05, 0.1) is 6.10 Å². The lowest BCUT2D eigenvalue weighted by atomic mass is 9.89. The Morgan fingerprint density at radius 3 is 2.43 bits per heavy atom. The Bertz CT molecular complexity index is 1320. The van der Waals surface area contributed by atoms with Gasteiger partial charge < -0.3 is 15.7 Å². The summed E-state index contributed by atoms with van der Waals surface area (Å²) in [5.74, 6) is -0.765. The summed E-state index contributed by atoms with van der Waals surface area (Å²) >= 11 is 1.71. The molecule has 0 saturated carbocycles. The lowest BCUT2D eigenvalue weighted by Crippen LogP contribution is -2.31. The van der Waals surface area contributed by atoms with Crippen LogP contribution >= 0.6 is 11.9 Å². The van der Waals surface area contributed by atoms with Crippen molar-refractivity contribution in [1.29, 1.82) is 0 Å². The maximum absolute atomic E-state index is 13.5. The van der Waals surface area contributed by atoms with Crippen LogP contribution in [-0.4, -0.2) is 37.5 Å². The van der Waals surface area contributed by atoms with Crippen molar-refractivity contribution in [3.05, 3.63) is 96.5 Å². The highest BCUT2D eigenvalue weighted by Gasteiger charge is 2.26. The van der Waals surface area contributed by atoms with Crippen molar-refractivity contribution in [2.45, 2.75) is 23.8 Å². The van der Waals surface area contributed by atoms with Crippen molar-refractivity contribution in [2.75, 3.05) is 23.7 Å². The van der Waals surface area contributed by atoms with Crippen LogP contribution in [0.5, 0.6) is 0 Å². The third-order valence-electron chi connectivity index (χ3n) is 6.16. The molecule has 190 valence electrons. The maximum Gasteiger partial charge on any atom is 0.229 e. The largest absolute Gasteiger partial charge is 0.388 e. The average Bonchev–Trinajstić information content (AvgIpc) is 2.93. The minimum Gasteiger partial charge on any atom is -0.388 e. The monoisotopic (exact) mass is 520 g/mol. The lowest BCUT2D eigenvalue weighted by Gasteiger charge is -2.33. The van der Waals surface area contributed by atoms with Crippen LogP contribution < -0.4 is 10.6 Å². The second kappa shape index (κ2) is 11.6. The Labute approximate surface area is 218 Å². The van der Waals surface area contributed by atoms with Crippen LogP contribution in [0.15, 0.2) is 84.1 Å². The fourth-order valence-corrected chi connectivity index (χ4v) is 5.14. The minimum atomic E-state index is -0.929. The van der Waals surface area contributed by atoms with Gasteiger partial charge in [-0.1, -0.05) is 6.07 Å². The first-order valence-corrected chi connectivity index (χ1v) is 12.7. The molecule has 4 aromatic rings. The number of hydrogen-bond acceptors (Lipinski definition) is 8. The van der Waals surface area contributed by atoms with Gasteiger partial charge in [-0.15, -0.1) is 0 Å². The molecule has 7 nitrogen and oxygen atoms in total. The minimum absolute atomic E-state index is 0.236. The molecule has 1 aliphatic heterocycles. The van der Waals surface area contributed by atoms with Gasteiger partial charge in [0.1, 0.15) is 5.82 Å². The summed E-state index contributed by atoms with van der Waals surface area (Å²) in [6, 6.07) is 17.0. The number of anilines is 4. The van der Waals surface area contributed by atoms with E-state index in [0.717, 1.165) is 54.2 Å². The van der Waals surface area contributed by atoms with Gasteiger partial charge in [-0.05, 0) is 84.8 Å². The van der Waals surface area contributed by atoms with Crippen molar-refractivity contribution in [3.63, 3.8) is 0 Å². The van der Waals surface area contributed by atoms with Crippen molar-refractivity contribution < 1.29 is 13.9 Å². The molecular formula is C27H26F2N6OS. The molecular weight excluding hydrogens is 494 g/mol. The predicted octanol–water partition coefficient (Wildman–Crippen LogP) is 6.09. The van der Waals surface area contributed by atoms with E-state index in [-0.39, 0.29) is 5.92 Å². The number of nitrogens with one attached hydrogen (secondary N) is 2. The number of aromatic nitrogens is 3. The van der Waals surface area contributed by atoms with Crippen molar-refractivity contribution in [2.24, 2.45) is 5.92 Å². The maximum atomic E-state index is 13.5. The summed E-state index contributed by atoms with van der Waals surface area (Å²) in [4.78, 5) is 13.9. The molecule has 2 aromatic heterocycles. The first-order chi connectivity index (χ1) is 18.0. The number of rotatable bonds is 8. The van der Waals surface area contributed by atoms with Gasteiger partial charge in [-0.2, -0.15) is 4.98 Å². The lowest BCUT2D eigenvalue weighted by molar-refractivity contribution is 0.0775.